The van der Waals surface area contributed by atoms with Crippen LogP contribution in [-0.2, 0) is 65.4 Å². The monoisotopic (exact) mass is 1410 g/mol. The zero-order valence-electron chi connectivity index (χ0n) is 62.3. The van der Waals surface area contributed by atoms with Gasteiger partial charge in [0.15, 0.2) is 12.2 Å². The smallest absolute Gasteiger partial charge is 0.462 e. The average Bonchev–Trinajstić information content (AvgIpc) is 1.16. The molecule has 0 aromatic rings. The second-order valence-corrected chi connectivity index (χ2v) is 30.9. The summed E-state index contributed by atoms with van der Waals surface area (Å²) < 4.78 is 68.4. The maximum absolute atomic E-state index is 13.1. The molecular weight excluding hydrogens is 1260 g/mol. The van der Waals surface area contributed by atoms with E-state index in [9.17, 15) is 43.2 Å². The van der Waals surface area contributed by atoms with Gasteiger partial charge in [-0.3, -0.25) is 37.3 Å². The molecule has 7 atom stereocenters. The fourth-order valence-corrected chi connectivity index (χ4v) is 12.8. The Morgan fingerprint density at radius 1 is 0.344 bits per heavy atom. The third kappa shape index (κ3) is 67.4. The van der Waals surface area contributed by atoms with Crippen LogP contribution in [0.5, 0.6) is 0 Å². The Balaban J connectivity index is 5.19. The highest BCUT2D eigenvalue weighted by atomic mass is 31.2. The normalized spacial score (nSPS) is 14.8. The van der Waals surface area contributed by atoms with Crippen molar-refractivity contribution in [2.45, 2.75) is 388 Å². The van der Waals surface area contributed by atoms with E-state index in [2.05, 4.69) is 72.8 Å². The lowest BCUT2D eigenvalue weighted by Crippen LogP contribution is -2.30. The molecule has 0 rings (SSSR count). The molecule has 19 heteroatoms. The molecule has 0 aromatic carbocycles. The first-order valence-electron chi connectivity index (χ1n) is 39.2. The van der Waals surface area contributed by atoms with Crippen molar-refractivity contribution in [2.24, 2.45) is 17.8 Å². The Labute approximate surface area is 586 Å². The van der Waals surface area contributed by atoms with Gasteiger partial charge in [0.05, 0.1) is 26.4 Å². The third-order valence-electron chi connectivity index (χ3n) is 18.0. The molecule has 96 heavy (non-hydrogen) atoms. The van der Waals surface area contributed by atoms with E-state index in [0.29, 0.717) is 31.6 Å². The Bertz CT molecular complexity index is 1970. The number of unbranched alkanes of at least 4 members (excludes halogenated alkanes) is 36. The molecule has 0 aliphatic heterocycles. The van der Waals surface area contributed by atoms with Crippen molar-refractivity contribution in [2.75, 3.05) is 39.6 Å². The molecule has 0 spiro atoms. The Morgan fingerprint density at radius 3 is 0.927 bits per heavy atom. The van der Waals surface area contributed by atoms with Gasteiger partial charge in [-0.2, -0.15) is 0 Å². The fraction of sp³-hybridized carbons (Fsp3) is 0.896. The van der Waals surface area contributed by atoms with Gasteiger partial charge in [-0.15, -0.1) is 0 Å². The van der Waals surface area contributed by atoms with E-state index < -0.39 is 97.5 Å². The Hall–Kier alpha value is -2.46. The molecule has 566 valence electrons. The highest BCUT2D eigenvalue weighted by Gasteiger charge is 2.30. The summed E-state index contributed by atoms with van der Waals surface area (Å²) in [4.78, 5) is 72.7. The number of phosphoric acid groups is 2. The summed E-state index contributed by atoms with van der Waals surface area (Å²) in [5.74, 6) is 0.114. The fourth-order valence-electron chi connectivity index (χ4n) is 11.2. The number of rotatable bonds is 73. The average molecular weight is 1410 g/mol. The van der Waals surface area contributed by atoms with Crippen molar-refractivity contribution in [3.05, 3.63) is 24.3 Å². The number of hydrogen-bond donors (Lipinski definition) is 3. The molecule has 3 N–H and O–H groups in total. The van der Waals surface area contributed by atoms with Gasteiger partial charge in [0, 0.05) is 25.7 Å². The number of allylic oxidation sites excluding steroid dienone is 4. The lowest BCUT2D eigenvalue weighted by Gasteiger charge is -2.21. The van der Waals surface area contributed by atoms with E-state index in [1.54, 1.807) is 0 Å². The molecule has 0 radical (unpaired) electrons. The molecule has 0 saturated carbocycles. The van der Waals surface area contributed by atoms with Crippen LogP contribution in [-0.4, -0.2) is 96.7 Å². The molecule has 0 heterocycles. The maximum atomic E-state index is 13.1. The number of carbonyl (C=O) groups is 4. The maximum Gasteiger partial charge on any atom is 0.472 e. The molecule has 0 saturated heterocycles. The van der Waals surface area contributed by atoms with Crippen LogP contribution in [0.3, 0.4) is 0 Å². The van der Waals surface area contributed by atoms with E-state index in [4.69, 9.17) is 37.0 Å². The minimum atomic E-state index is -4.97. The van der Waals surface area contributed by atoms with Crippen LogP contribution >= 0.6 is 15.6 Å². The van der Waals surface area contributed by atoms with E-state index in [1.165, 1.54) is 161 Å². The molecule has 4 unspecified atom stereocenters. The standard InChI is InChI=1S/C77H146O17P2/c1-8-11-12-13-14-15-16-17-22-27-30-33-36-46-53-60-76(81)93-72(64-87-74(79)58-51-44-35-32-29-26-24-21-19-18-20-23-25-28-31-34-42-49-56-69(6)9-2)66-91-95(83,84)89-62-71(78)63-90-96(85,86)92-67-73(94-77(82)61-54-47-39-37-41-48-55-68(4)5)65-88-75(80)59-52-45-40-38-43-50-57-70(7)10-3/h15-17,22,68-73,78H,8-14,18-21,23-67H2,1-7H3,(H,83,84)(H,85,86)/b16-15-,22-17-/t69?,70?,71-,72-,73-/m1/s1. The third-order valence-corrected chi connectivity index (χ3v) is 19.9. The van der Waals surface area contributed by atoms with Crippen molar-refractivity contribution in [3.8, 4) is 0 Å². The molecular formula is C77H146O17P2. The van der Waals surface area contributed by atoms with Gasteiger partial charge in [-0.1, -0.05) is 317 Å². The second-order valence-electron chi connectivity index (χ2n) is 28.0. The predicted molar refractivity (Wildman–Crippen MR) is 390 cm³/mol. The molecule has 0 amide bonds. The van der Waals surface area contributed by atoms with Gasteiger partial charge in [0.25, 0.3) is 0 Å². The van der Waals surface area contributed by atoms with Crippen LogP contribution in [0.25, 0.3) is 0 Å². The topological polar surface area (TPSA) is 237 Å². The molecule has 0 fully saturated rings. The SMILES string of the molecule is CCCCCC/C=C\C=C/CCCCCCCC(=O)O[C@H](COC(=O)CCCCCCCCCCCCCCCCCCCCC(C)CC)COP(=O)(O)OC[C@@H](O)COP(=O)(O)OC[C@@H](COC(=O)CCCCCCCCC(C)CC)OC(=O)CCCCCCCCC(C)C. The highest BCUT2D eigenvalue weighted by molar-refractivity contribution is 7.47. The Morgan fingerprint density at radius 2 is 0.615 bits per heavy atom. The lowest BCUT2D eigenvalue weighted by molar-refractivity contribution is -0.161. The first-order valence-corrected chi connectivity index (χ1v) is 42.2. The minimum absolute atomic E-state index is 0.0849. The van der Waals surface area contributed by atoms with Crippen LogP contribution in [0.15, 0.2) is 24.3 Å². The summed E-state index contributed by atoms with van der Waals surface area (Å²) in [6.07, 6.45) is 56.7. The van der Waals surface area contributed by atoms with Gasteiger partial charge in [-0.25, -0.2) is 9.13 Å². The molecule has 17 nitrogen and oxygen atoms in total. The van der Waals surface area contributed by atoms with E-state index in [0.717, 1.165) is 121 Å². The number of aliphatic hydroxyl groups is 1. The van der Waals surface area contributed by atoms with E-state index in [-0.39, 0.29) is 25.7 Å². The van der Waals surface area contributed by atoms with E-state index >= 15 is 0 Å². The van der Waals surface area contributed by atoms with Crippen molar-refractivity contribution >= 4 is 39.5 Å². The highest BCUT2D eigenvalue weighted by Crippen LogP contribution is 2.45. The van der Waals surface area contributed by atoms with Gasteiger partial charge < -0.3 is 33.8 Å². The number of ether oxygens (including phenoxy) is 4. The molecule has 0 aliphatic rings. The molecule has 0 aromatic heterocycles. The largest absolute Gasteiger partial charge is 0.472 e. The quantitative estimate of drug-likeness (QED) is 0.0169. The number of carbonyl (C=O) groups excluding carboxylic acids is 4. The zero-order valence-corrected chi connectivity index (χ0v) is 64.1. The van der Waals surface area contributed by atoms with Crippen LogP contribution in [0.4, 0.5) is 0 Å². The van der Waals surface area contributed by atoms with Crippen molar-refractivity contribution in [1.82, 2.24) is 0 Å². The predicted octanol–water partition coefficient (Wildman–Crippen LogP) is 22.1. The number of hydrogen-bond acceptors (Lipinski definition) is 15. The van der Waals surface area contributed by atoms with Crippen molar-refractivity contribution in [1.29, 1.82) is 0 Å². The summed E-state index contributed by atoms with van der Waals surface area (Å²) >= 11 is 0. The van der Waals surface area contributed by atoms with Crippen molar-refractivity contribution in [3.63, 3.8) is 0 Å². The molecule has 0 aliphatic carbocycles. The zero-order chi connectivity index (χ0) is 70.9. The first-order chi connectivity index (χ1) is 46.3. The summed E-state index contributed by atoms with van der Waals surface area (Å²) in [6, 6.07) is 0. The van der Waals surface area contributed by atoms with E-state index in [1.807, 2.05) is 0 Å². The van der Waals surface area contributed by atoms with Gasteiger partial charge in [-0.05, 0) is 69.1 Å². The summed E-state index contributed by atoms with van der Waals surface area (Å²) in [5.41, 5.74) is 0. The van der Waals surface area contributed by atoms with Gasteiger partial charge >= 0.3 is 39.5 Å². The van der Waals surface area contributed by atoms with Crippen LogP contribution in [0.2, 0.25) is 0 Å². The number of phosphoric ester groups is 2. The lowest BCUT2D eigenvalue weighted by atomic mass is 9.99. The van der Waals surface area contributed by atoms with Crippen LogP contribution < -0.4 is 0 Å². The molecule has 0 bridgehead atoms. The Kier molecular flexibility index (Phi) is 65.3. The van der Waals surface area contributed by atoms with Gasteiger partial charge in [0.1, 0.15) is 19.3 Å². The van der Waals surface area contributed by atoms with Crippen LogP contribution in [0.1, 0.15) is 370 Å². The van der Waals surface area contributed by atoms with Gasteiger partial charge in [0.2, 0.25) is 0 Å². The van der Waals surface area contributed by atoms with Crippen molar-refractivity contribution < 1.29 is 80.2 Å². The summed E-state index contributed by atoms with van der Waals surface area (Å²) in [6.45, 7) is 11.8. The second kappa shape index (κ2) is 67.1. The number of esters is 4. The summed E-state index contributed by atoms with van der Waals surface area (Å²) in [5, 5.41) is 10.6. The first kappa shape index (κ1) is 93.5. The summed E-state index contributed by atoms with van der Waals surface area (Å²) in [7, 11) is -9.92. The number of aliphatic hydroxyl groups excluding tert-OH is 1. The van der Waals surface area contributed by atoms with Crippen LogP contribution in [0, 0.1) is 17.8 Å². The minimum Gasteiger partial charge on any atom is -0.462 e.